The van der Waals surface area contributed by atoms with Crippen molar-refractivity contribution in [3.8, 4) is 77.9 Å². The van der Waals surface area contributed by atoms with Gasteiger partial charge in [0.1, 0.15) is 0 Å². The summed E-state index contributed by atoms with van der Waals surface area (Å²) in [6, 6.07) is 104. The van der Waals surface area contributed by atoms with E-state index in [1.807, 2.05) is 0 Å². The van der Waals surface area contributed by atoms with Crippen LogP contribution < -0.4 is 10.4 Å². The van der Waals surface area contributed by atoms with Crippen molar-refractivity contribution in [3.63, 3.8) is 0 Å². The van der Waals surface area contributed by atoms with Gasteiger partial charge in [-0.15, -0.1) is 0 Å². The summed E-state index contributed by atoms with van der Waals surface area (Å²) in [5.74, 6) is 0. The minimum atomic E-state index is -0.789. The maximum Gasteiger partial charge on any atom is 0.0653 e. The summed E-state index contributed by atoms with van der Waals surface area (Å²) in [5, 5.41) is 14.8. The lowest BCUT2D eigenvalue weighted by molar-refractivity contribution is 0.780. The summed E-state index contributed by atoms with van der Waals surface area (Å²) in [5.41, 5.74) is 34.7. The Morgan fingerprint density at radius 1 is 0.260 bits per heavy atom. The highest BCUT2D eigenvalue weighted by atomic mass is 14.5. The van der Waals surface area contributed by atoms with Crippen LogP contribution in [0.5, 0.6) is 0 Å². The largest absolute Gasteiger partial charge is 0.0653 e. The van der Waals surface area contributed by atoms with Crippen molar-refractivity contribution in [1.29, 1.82) is 0 Å². The topological polar surface area (TPSA) is 0 Å². The molecule has 0 saturated carbocycles. The average molecular weight is 1210 g/mol. The summed E-state index contributed by atoms with van der Waals surface area (Å²) in [6.07, 6.45) is 23.4. The van der Waals surface area contributed by atoms with Crippen LogP contribution in [0.2, 0.25) is 0 Å². The molecule has 1 unspecified atom stereocenters. The third kappa shape index (κ3) is 7.02. The van der Waals surface area contributed by atoms with Crippen molar-refractivity contribution in [2.45, 2.75) is 6.42 Å². The van der Waals surface area contributed by atoms with Gasteiger partial charge in [0.2, 0.25) is 0 Å². The van der Waals surface area contributed by atoms with Gasteiger partial charge in [0.05, 0.1) is 5.41 Å². The molecule has 0 radical (unpaired) electrons. The Labute approximate surface area is 556 Å². The van der Waals surface area contributed by atoms with Gasteiger partial charge in [-0.25, -0.2) is 0 Å². The molecule has 22 rings (SSSR count). The smallest absolute Gasteiger partial charge is 0.0651 e. The van der Waals surface area contributed by atoms with E-state index in [-0.39, 0.29) is 0 Å². The third-order valence-electron chi connectivity index (χ3n) is 22.6. The molecule has 0 heteroatoms. The highest BCUT2D eigenvalue weighted by Crippen LogP contribution is 2.67. The number of fused-ring (bicyclic) bond motifs is 24. The van der Waals surface area contributed by atoms with Gasteiger partial charge >= 0.3 is 0 Å². The van der Waals surface area contributed by atoms with E-state index < -0.39 is 5.41 Å². The number of hydrogen-bond acceptors (Lipinski definition) is 0. The Kier molecular flexibility index (Phi) is 10.6. The second-order valence-corrected chi connectivity index (χ2v) is 27.1. The zero-order valence-electron chi connectivity index (χ0n) is 52.4. The van der Waals surface area contributed by atoms with Crippen LogP contribution in [-0.2, 0) is 6.42 Å². The first kappa shape index (κ1) is 52.3. The fourth-order valence-electron chi connectivity index (χ4n) is 18.5. The Morgan fingerprint density at radius 3 is 1.57 bits per heavy atom. The molecule has 15 aromatic rings. The summed E-state index contributed by atoms with van der Waals surface area (Å²) < 4.78 is 0. The van der Waals surface area contributed by atoms with Gasteiger partial charge in [-0.3, -0.25) is 0 Å². The summed E-state index contributed by atoms with van der Waals surface area (Å²) >= 11 is 0. The first-order chi connectivity index (χ1) is 47.6. The van der Waals surface area contributed by atoms with Crippen molar-refractivity contribution in [1.82, 2.24) is 0 Å². The van der Waals surface area contributed by atoms with Gasteiger partial charge in [-0.2, -0.15) is 0 Å². The predicted octanol–water partition coefficient (Wildman–Crippen LogP) is 23.2. The molecule has 96 heavy (non-hydrogen) atoms. The molecule has 0 saturated heterocycles. The number of allylic oxidation sites excluding steroid dienone is 10. The average Bonchev–Trinajstić information content (AvgIpc) is 0.778. The van der Waals surface area contributed by atoms with Gasteiger partial charge in [0, 0.05) is 0 Å². The Balaban J connectivity index is 0.995. The van der Waals surface area contributed by atoms with E-state index in [1.54, 1.807) is 0 Å². The lowest BCUT2D eigenvalue weighted by Gasteiger charge is -2.43. The van der Waals surface area contributed by atoms with Gasteiger partial charge in [-0.05, 0) is 263 Å². The van der Waals surface area contributed by atoms with Crippen LogP contribution in [0.1, 0.15) is 50.1 Å². The quantitative estimate of drug-likeness (QED) is 0.119. The molecule has 15 aromatic carbocycles. The van der Waals surface area contributed by atoms with E-state index in [0.29, 0.717) is 0 Å². The Hall–Kier alpha value is -12.2. The van der Waals surface area contributed by atoms with E-state index in [1.165, 1.54) is 220 Å². The number of benzene rings is 15. The predicted molar refractivity (Wildman–Crippen MR) is 406 cm³/mol. The van der Waals surface area contributed by atoms with Crippen molar-refractivity contribution in [2.75, 3.05) is 0 Å². The van der Waals surface area contributed by atoms with Crippen LogP contribution in [0.25, 0.3) is 173 Å². The first-order valence-corrected chi connectivity index (χ1v) is 33.8. The van der Waals surface area contributed by atoms with E-state index in [2.05, 4.69) is 328 Å². The van der Waals surface area contributed by atoms with E-state index in [4.69, 9.17) is 0 Å². The molecule has 440 valence electrons. The van der Waals surface area contributed by atoms with Gasteiger partial charge in [0.25, 0.3) is 0 Å². The van der Waals surface area contributed by atoms with Crippen LogP contribution in [0, 0.1) is 5.41 Å². The lowest BCUT2D eigenvalue weighted by atomic mass is 9.58. The van der Waals surface area contributed by atoms with Crippen molar-refractivity contribution in [3.05, 3.63) is 375 Å². The van der Waals surface area contributed by atoms with E-state index in [9.17, 15) is 0 Å². The summed E-state index contributed by atoms with van der Waals surface area (Å²) in [4.78, 5) is 0. The molecule has 0 aliphatic heterocycles. The van der Waals surface area contributed by atoms with Crippen molar-refractivity contribution < 1.29 is 0 Å². The minimum Gasteiger partial charge on any atom is -0.0651 e. The monoisotopic (exact) mass is 1210 g/mol. The second-order valence-electron chi connectivity index (χ2n) is 27.1. The number of hydrogen-bond donors (Lipinski definition) is 0. The minimum absolute atomic E-state index is 0.789. The fourth-order valence-corrected chi connectivity index (χ4v) is 18.5. The zero-order chi connectivity index (χ0) is 62.5. The highest BCUT2D eigenvalue weighted by Gasteiger charge is 2.50. The molecule has 0 fully saturated rings. The molecule has 7 aliphatic rings. The van der Waals surface area contributed by atoms with E-state index in [0.717, 1.165) is 6.42 Å². The van der Waals surface area contributed by atoms with Crippen molar-refractivity contribution >= 4 is 94.9 Å². The molecule has 7 aliphatic carbocycles. The number of rotatable bonds is 5. The molecule has 0 bridgehead atoms. The van der Waals surface area contributed by atoms with Gasteiger partial charge < -0.3 is 0 Å². The molecule has 0 aromatic heterocycles. The van der Waals surface area contributed by atoms with Crippen LogP contribution >= 0.6 is 0 Å². The standard InChI is InChI=1S/C96H56/c1-2-21-59-50-82-60(49-58(59)20-1)28-15-39-79(82)91-81-43-42-57-27-14-38-78(72-36-16-34-70-66-30-9-4-22-61(66)51-83(70)72)90(57)94(81)95(87-47-46-76-69-33-12-7-25-64(69)54-89(76)96(87)48-18-41-75-68-32-11-6-24-63(68)53-88(75)96)93(92(91)77-37-13-26-56-19-3-8-29-65(56)77)80-40-17-35-71-74-45-44-73-67-31-10-5-23-62(67)52-84(73)86(74)55-85(71)80/h1-50,52-55H,51H2. The lowest BCUT2D eigenvalue weighted by Crippen LogP contribution is -2.29. The van der Waals surface area contributed by atoms with Crippen LogP contribution in [0.4, 0.5) is 0 Å². The zero-order valence-corrected chi connectivity index (χ0v) is 52.4. The summed E-state index contributed by atoms with van der Waals surface area (Å²) in [7, 11) is 0. The maximum atomic E-state index is 2.59. The van der Waals surface area contributed by atoms with Crippen molar-refractivity contribution in [2.24, 2.45) is 5.41 Å². The molecular weight excluding hydrogens is 1150 g/mol. The third-order valence-corrected chi connectivity index (χ3v) is 22.6. The Bertz CT molecular complexity index is 6490. The van der Waals surface area contributed by atoms with Crippen LogP contribution in [-0.4, -0.2) is 0 Å². The molecular formula is C96H56. The first-order valence-electron chi connectivity index (χ1n) is 33.8. The van der Waals surface area contributed by atoms with E-state index >= 15 is 0 Å². The fraction of sp³-hybridized carbons (Fsp3) is 0.0208. The van der Waals surface area contributed by atoms with Crippen LogP contribution in [0.15, 0.2) is 315 Å². The maximum absolute atomic E-state index is 2.59. The van der Waals surface area contributed by atoms with Crippen LogP contribution in [0.3, 0.4) is 0 Å². The molecule has 0 N–H and O–H groups in total. The highest BCUT2D eigenvalue weighted by molar-refractivity contribution is 6.30. The molecule has 0 nitrogen and oxygen atoms in total. The molecule has 0 amide bonds. The normalized spacial score (nSPS) is 15.9. The summed E-state index contributed by atoms with van der Waals surface area (Å²) in [6.45, 7) is 0. The molecule has 1 spiro atoms. The Morgan fingerprint density at radius 2 is 0.792 bits per heavy atom. The van der Waals surface area contributed by atoms with Gasteiger partial charge in [-0.1, -0.05) is 291 Å². The SMILES string of the molecule is C1=CC2(C3=Cc4ccccc4C3=C1)C1=Cc3ccccc3C1=CC=C2c1c(-c2cccc3c2C=c2c-3ccc3c2=Cc2ccccc2-3)c(-c2cccc3ccccc23)c(-c2cccc3cc4ccccc4cc23)c2ccc3cccc(-c4cccc5c4Cc4ccccc4-5)c3c12. The second kappa shape index (κ2) is 19.4. The molecule has 0 heterocycles. The van der Waals surface area contributed by atoms with Gasteiger partial charge in [0.15, 0.2) is 0 Å². The molecule has 1 atom stereocenters.